The fraction of sp³-hybridized carbons (Fsp3) is 0.278. The largest absolute Gasteiger partial charge is 0.369 e. The Morgan fingerprint density at radius 1 is 1.27 bits per heavy atom. The lowest BCUT2D eigenvalue weighted by molar-refractivity contribution is 0.102. The zero-order chi connectivity index (χ0) is 18.1. The number of nitrogens with one attached hydrogen (secondary N) is 2. The van der Waals surface area contributed by atoms with Crippen LogP contribution in [0.5, 0.6) is 0 Å². The van der Waals surface area contributed by atoms with Crippen LogP contribution in [0.25, 0.3) is 5.65 Å². The van der Waals surface area contributed by atoms with Crippen molar-refractivity contribution in [1.29, 1.82) is 0 Å². The molecule has 1 fully saturated rings. The molecule has 3 heterocycles. The van der Waals surface area contributed by atoms with Gasteiger partial charge in [0.1, 0.15) is 11.5 Å². The Balaban J connectivity index is 1.52. The third kappa shape index (κ3) is 3.23. The lowest BCUT2D eigenvalue weighted by Gasteiger charge is -2.29. The topological polar surface area (TPSA) is 74.6 Å². The molecule has 1 aliphatic rings. The van der Waals surface area contributed by atoms with Gasteiger partial charge in [-0.1, -0.05) is 0 Å². The fourth-order valence-electron chi connectivity index (χ4n) is 3.05. The number of fused-ring (bicyclic) bond motifs is 1. The Bertz CT molecular complexity index is 963. The average Bonchev–Trinajstić information content (AvgIpc) is 3.03. The van der Waals surface area contributed by atoms with E-state index in [1.165, 1.54) is 12.3 Å². The number of benzene rings is 1. The molecule has 26 heavy (non-hydrogen) atoms. The highest BCUT2D eigenvalue weighted by atomic mass is 19.1. The third-order valence-corrected chi connectivity index (χ3v) is 4.38. The van der Waals surface area contributed by atoms with Crippen LogP contribution in [-0.4, -0.2) is 46.5 Å². The quantitative estimate of drug-likeness (QED) is 0.751. The van der Waals surface area contributed by atoms with Crippen molar-refractivity contribution in [1.82, 2.24) is 19.7 Å². The molecule has 1 saturated heterocycles. The van der Waals surface area contributed by atoms with Gasteiger partial charge in [0.15, 0.2) is 5.65 Å². The molecule has 0 radical (unpaired) electrons. The van der Waals surface area contributed by atoms with E-state index in [1.54, 1.807) is 22.9 Å². The van der Waals surface area contributed by atoms with Crippen LogP contribution >= 0.6 is 0 Å². The second kappa shape index (κ2) is 6.72. The smallest absolute Gasteiger partial charge is 0.275 e. The van der Waals surface area contributed by atoms with Crippen LogP contribution < -0.4 is 15.5 Å². The second-order valence-electron chi connectivity index (χ2n) is 6.28. The molecule has 1 aromatic carbocycles. The maximum atomic E-state index is 14.4. The number of halogens is 1. The van der Waals surface area contributed by atoms with E-state index in [0.717, 1.165) is 37.6 Å². The number of aromatic nitrogens is 3. The summed E-state index contributed by atoms with van der Waals surface area (Å²) in [6.07, 6.45) is 4.90. The molecule has 0 aliphatic carbocycles. The Morgan fingerprint density at radius 3 is 2.85 bits per heavy atom. The molecule has 8 heteroatoms. The number of anilines is 2. The van der Waals surface area contributed by atoms with Gasteiger partial charge in [-0.3, -0.25) is 4.79 Å². The van der Waals surface area contributed by atoms with Gasteiger partial charge in [-0.15, -0.1) is 0 Å². The molecule has 2 N–H and O–H groups in total. The first-order valence-corrected chi connectivity index (χ1v) is 8.48. The number of rotatable bonds is 3. The van der Waals surface area contributed by atoms with E-state index in [0.29, 0.717) is 5.65 Å². The molecule has 0 spiro atoms. The van der Waals surface area contributed by atoms with E-state index < -0.39 is 11.7 Å². The van der Waals surface area contributed by atoms with Gasteiger partial charge in [-0.2, -0.15) is 0 Å². The third-order valence-electron chi connectivity index (χ3n) is 4.38. The summed E-state index contributed by atoms with van der Waals surface area (Å²) in [5, 5.41) is 5.85. The Labute approximate surface area is 149 Å². The Hall–Kier alpha value is -3.00. The minimum Gasteiger partial charge on any atom is -0.369 e. The van der Waals surface area contributed by atoms with E-state index in [-0.39, 0.29) is 11.4 Å². The van der Waals surface area contributed by atoms with Gasteiger partial charge in [-0.05, 0) is 25.1 Å². The minimum atomic E-state index is -0.466. The first-order valence-electron chi connectivity index (χ1n) is 8.48. The zero-order valence-corrected chi connectivity index (χ0v) is 14.4. The van der Waals surface area contributed by atoms with Gasteiger partial charge in [-0.25, -0.2) is 14.4 Å². The molecule has 4 rings (SSSR count). The van der Waals surface area contributed by atoms with E-state index in [1.807, 2.05) is 13.0 Å². The maximum absolute atomic E-state index is 14.4. The first-order chi connectivity index (χ1) is 12.6. The summed E-state index contributed by atoms with van der Waals surface area (Å²) in [6.45, 7) is 5.28. The fourth-order valence-corrected chi connectivity index (χ4v) is 3.05. The van der Waals surface area contributed by atoms with Crippen molar-refractivity contribution in [3.05, 3.63) is 54.0 Å². The van der Waals surface area contributed by atoms with Crippen LogP contribution in [0.15, 0.2) is 36.8 Å². The summed E-state index contributed by atoms with van der Waals surface area (Å²) in [5.74, 6) is -0.930. The van der Waals surface area contributed by atoms with Gasteiger partial charge in [0.2, 0.25) is 0 Å². The van der Waals surface area contributed by atoms with Crippen LogP contribution in [0.2, 0.25) is 0 Å². The van der Waals surface area contributed by atoms with Gasteiger partial charge >= 0.3 is 0 Å². The molecule has 134 valence electrons. The Morgan fingerprint density at radius 2 is 2.08 bits per heavy atom. The predicted molar refractivity (Wildman–Crippen MR) is 97.2 cm³/mol. The predicted octanol–water partition coefficient (Wildman–Crippen LogP) is 1.84. The van der Waals surface area contributed by atoms with E-state index in [2.05, 4.69) is 25.5 Å². The summed E-state index contributed by atoms with van der Waals surface area (Å²) in [4.78, 5) is 22.9. The molecule has 1 amide bonds. The maximum Gasteiger partial charge on any atom is 0.275 e. The molecular formula is C18H19FN6O. The lowest BCUT2D eigenvalue weighted by atomic mass is 10.2. The summed E-state index contributed by atoms with van der Waals surface area (Å²) >= 11 is 0. The van der Waals surface area contributed by atoms with Gasteiger partial charge < -0.3 is 19.9 Å². The standard InChI is InChI=1S/C18H19FN6O/c1-12-10-25-11-16(21-9-17(25)22-12)18(26)23-15-3-2-13(8-14(15)19)24-6-4-20-5-7-24/h2-3,8-11,20H,4-7H2,1H3,(H,23,26). The van der Waals surface area contributed by atoms with Gasteiger partial charge in [0.25, 0.3) is 5.91 Å². The van der Waals surface area contributed by atoms with Gasteiger partial charge in [0, 0.05) is 44.3 Å². The number of aryl methyl sites for hydroxylation is 1. The average molecular weight is 354 g/mol. The summed E-state index contributed by atoms with van der Waals surface area (Å²) in [6, 6.07) is 4.86. The monoisotopic (exact) mass is 354 g/mol. The molecule has 0 unspecified atom stereocenters. The van der Waals surface area contributed by atoms with E-state index in [4.69, 9.17) is 0 Å². The number of imidazole rings is 1. The van der Waals surface area contributed by atoms with Crippen LogP contribution in [0.1, 0.15) is 16.2 Å². The van der Waals surface area contributed by atoms with Gasteiger partial charge in [0.05, 0.1) is 17.6 Å². The lowest BCUT2D eigenvalue weighted by Crippen LogP contribution is -2.43. The molecule has 0 saturated carbocycles. The van der Waals surface area contributed by atoms with Crippen LogP contribution in [-0.2, 0) is 0 Å². The normalized spacial score (nSPS) is 14.6. The molecule has 0 atom stereocenters. The van der Waals surface area contributed by atoms with E-state index in [9.17, 15) is 9.18 Å². The second-order valence-corrected chi connectivity index (χ2v) is 6.28. The van der Waals surface area contributed by atoms with Crippen molar-refractivity contribution in [2.45, 2.75) is 6.92 Å². The SMILES string of the molecule is Cc1cn2cc(C(=O)Nc3ccc(N4CCNCC4)cc3F)ncc2n1. The highest BCUT2D eigenvalue weighted by Crippen LogP contribution is 2.23. The van der Waals surface area contributed by atoms with Crippen molar-refractivity contribution in [2.24, 2.45) is 0 Å². The Kier molecular flexibility index (Phi) is 4.26. The number of carbonyl (C=O) groups is 1. The minimum absolute atomic E-state index is 0.137. The van der Waals surface area contributed by atoms with Crippen molar-refractivity contribution in [2.75, 3.05) is 36.4 Å². The number of carbonyl (C=O) groups excluding carboxylic acids is 1. The van der Waals surface area contributed by atoms with Crippen molar-refractivity contribution < 1.29 is 9.18 Å². The molecule has 7 nitrogen and oxygen atoms in total. The zero-order valence-electron chi connectivity index (χ0n) is 14.4. The number of hydrogen-bond acceptors (Lipinski definition) is 5. The number of amides is 1. The summed E-state index contributed by atoms with van der Waals surface area (Å²) in [7, 11) is 0. The molecular weight excluding hydrogens is 335 g/mol. The highest BCUT2D eigenvalue weighted by Gasteiger charge is 2.15. The number of nitrogens with zero attached hydrogens (tertiary/aromatic N) is 4. The summed E-state index contributed by atoms with van der Waals surface area (Å²) < 4.78 is 16.2. The van der Waals surface area contributed by atoms with Crippen molar-refractivity contribution >= 4 is 22.9 Å². The van der Waals surface area contributed by atoms with Crippen LogP contribution in [0.4, 0.5) is 15.8 Å². The summed E-state index contributed by atoms with van der Waals surface area (Å²) in [5.41, 5.74) is 2.64. The van der Waals surface area contributed by atoms with Crippen LogP contribution in [0.3, 0.4) is 0 Å². The first kappa shape index (κ1) is 16.5. The van der Waals surface area contributed by atoms with E-state index >= 15 is 0 Å². The number of piperazine rings is 1. The van der Waals surface area contributed by atoms with Crippen molar-refractivity contribution in [3.63, 3.8) is 0 Å². The van der Waals surface area contributed by atoms with Crippen LogP contribution in [0, 0.1) is 12.7 Å². The number of hydrogen-bond donors (Lipinski definition) is 2. The van der Waals surface area contributed by atoms with Crippen molar-refractivity contribution in [3.8, 4) is 0 Å². The molecule has 2 aromatic heterocycles. The molecule has 1 aliphatic heterocycles. The highest BCUT2D eigenvalue weighted by molar-refractivity contribution is 6.02. The molecule has 0 bridgehead atoms. The molecule has 3 aromatic rings.